The third-order valence-corrected chi connectivity index (χ3v) is 4.22. The fourth-order valence-corrected chi connectivity index (χ4v) is 2.60. The molecule has 1 aliphatic heterocycles. The Hall–Kier alpha value is -1.36. The lowest BCUT2D eigenvalue weighted by atomic mass is 9.89. The first-order chi connectivity index (χ1) is 9.77. The van der Waals surface area contributed by atoms with E-state index in [1.165, 1.54) is 11.1 Å². The molecule has 1 fully saturated rings. The van der Waals surface area contributed by atoms with E-state index in [1.807, 2.05) is 20.8 Å². The minimum absolute atomic E-state index is 0.144. The number of hydrogen-bond acceptors (Lipinski definition) is 4. The van der Waals surface area contributed by atoms with Crippen molar-refractivity contribution in [3.05, 3.63) is 22.6 Å². The fraction of sp³-hybridized carbons (Fsp3) is 0.750. The Morgan fingerprint density at radius 1 is 1.48 bits per heavy atom. The number of aromatic nitrogens is 2. The van der Waals surface area contributed by atoms with E-state index in [0.717, 1.165) is 25.2 Å². The third kappa shape index (κ3) is 4.06. The van der Waals surface area contributed by atoms with E-state index in [9.17, 15) is 9.90 Å². The van der Waals surface area contributed by atoms with Crippen molar-refractivity contribution in [2.24, 2.45) is 11.3 Å². The molecule has 0 bridgehead atoms. The minimum Gasteiger partial charge on any atom is -0.391 e. The molecule has 1 saturated heterocycles. The smallest absolute Gasteiger partial charge is 0.268 e. The van der Waals surface area contributed by atoms with Gasteiger partial charge in [-0.15, -0.1) is 0 Å². The molecule has 0 aliphatic carbocycles. The molecule has 1 N–H and O–H groups in total. The van der Waals surface area contributed by atoms with Gasteiger partial charge in [-0.25, -0.2) is 4.68 Å². The van der Waals surface area contributed by atoms with Crippen LogP contribution in [0.25, 0.3) is 0 Å². The van der Waals surface area contributed by atoms with Gasteiger partial charge in [-0.05, 0) is 24.2 Å². The number of rotatable bonds is 3. The summed E-state index contributed by atoms with van der Waals surface area (Å²) in [5.74, 6) is 0.656. The molecule has 2 unspecified atom stereocenters. The number of piperidine rings is 1. The summed E-state index contributed by atoms with van der Waals surface area (Å²) in [6, 6.07) is 1.64. The molecule has 0 aromatic carbocycles. The normalized spacial score (nSPS) is 21.4. The number of nitrogens with zero attached hydrogens (tertiary/aromatic N) is 3. The molecule has 2 heterocycles. The topological polar surface area (TPSA) is 58.4 Å². The predicted octanol–water partition coefficient (Wildman–Crippen LogP) is 1.89. The molecular weight excluding hydrogens is 266 g/mol. The number of aliphatic hydroxyl groups excluding tert-OH is 1. The van der Waals surface area contributed by atoms with E-state index >= 15 is 0 Å². The van der Waals surface area contributed by atoms with Crippen LogP contribution in [0.5, 0.6) is 0 Å². The van der Waals surface area contributed by atoms with Gasteiger partial charge in [0, 0.05) is 19.2 Å². The molecule has 1 aliphatic rings. The van der Waals surface area contributed by atoms with Crippen LogP contribution in [0.3, 0.4) is 0 Å². The fourth-order valence-electron chi connectivity index (χ4n) is 2.60. The van der Waals surface area contributed by atoms with Crippen LogP contribution in [-0.4, -0.2) is 34.1 Å². The zero-order valence-electron chi connectivity index (χ0n) is 13.5. The molecule has 0 amide bonds. The van der Waals surface area contributed by atoms with Crippen molar-refractivity contribution < 1.29 is 5.11 Å². The Balaban J connectivity index is 2.12. The summed E-state index contributed by atoms with van der Waals surface area (Å²) in [6.07, 6.45) is 3.56. The van der Waals surface area contributed by atoms with Gasteiger partial charge in [-0.2, -0.15) is 5.10 Å². The molecule has 2 atom stereocenters. The van der Waals surface area contributed by atoms with Gasteiger partial charge >= 0.3 is 0 Å². The van der Waals surface area contributed by atoms with Crippen molar-refractivity contribution in [2.75, 3.05) is 18.0 Å². The van der Waals surface area contributed by atoms with E-state index in [4.69, 9.17) is 0 Å². The number of anilines is 1. The average Bonchev–Trinajstić information content (AvgIpc) is 2.40. The Morgan fingerprint density at radius 3 is 2.76 bits per heavy atom. The molecule has 118 valence electrons. The van der Waals surface area contributed by atoms with Gasteiger partial charge in [0.25, 0.3) is 5.56 Å². The van der Waals surface area contributed by atoms with Crippen LogP contribution >= 0.6 is 0 Å². The highest BCUT2D eigenvalue weighted by molar-refractivity contribution is 5.43. The number of hydrogen-bond donors (Lipinski definition) is 1. The molecule has 0 spiro atoms. The van der Waals surface area contributed by atoms with Crippen molar-refractivity contribution in [2.45, 2.75) is 53.2 Å². The van der Waals surface area contributed by atoms with Crippen LogP contribution in [0.2, 0.25) is 0 Å². The van der Waals surface area contributed by atoms with Crippen molar-refractivity contribution >= 4 is 5.69 Å². The number of aliphatic hydroxyl groups is 1. The lowest BCUT2D eigenvalue weighted by Gasteiger charge is -2.32. The van der Waals surface area contributed by atoms with Crippen LogP contribution in [0.4, 0.5) is 5.69 Å². The quantitative estimate of drug-likeness (QED) is 0.924. The van der Waals surface area contributed by atoms with Gasteiger partial charge < -0.3 is 10.0 Å². The summed E-state index contributed by atoms with van der Waals surface area (Å²) in [5, 5.41) is 14.3. The van der Waals surface area contributed by atoms with Gasteiger partial charge in [-0.3, -0.25) is 4.79 Å². The van der Waals surface area contributed by atoms with Gasteiger partial charge in [0.05, 0.1) is 24.5 Å². The third-order valence-electron chi connectivity index (χ3n) is 4.22. The zero-order valence-corrected chi connectivity index (χ0v) is 13.5. The first kappa shape index (κ1) is 16.0. The lowest BCUT2D eigenvalue weighted by Crippen LogP contribution is -2.38. The summed E-state index contributed by atoms with van der Waals surface area (Å²) in [6.45, 7) is 10.3. The summed E-state index contributed by atoms with van der Waals surface area (Å²) < 4.78 is 1.35. The first-order valence-electron chi connectivity index (χ1n) is 7.77. The largest absolute Gasteiger partial charge is 0.391 e. The van der Waals surface area contributed by atoms with Gasteiger partial charge in [0.1, 0.15) is 0 Å². The van der Waals surface area contributed by atoms with Crippen LogP contribution < -0.4 is 10.5 Å². The molecule has 1 aromatic heterocycles. The van der Waals surface area contributed by atoms with Crippen molar-refractivity contribution in [3.8, 4) is 0 Å². The average molecular weight is 293 g/mol. The summed E-state index contributed by atoms with van der Waals surface area (Å²) in [4.78, 5) is 14.4. The van der Waals surface area contributed by atoms with Crippen LogP contribution in [0.1, 0.15) is 40.5 Å². The Labute approximate surface area is 126 Å². The second-order valence-corrected chi connectivity index (χ2v) is 7.31. The highest BCUT2D eigenvalue weighted by Gasteiger charge is 2.23. The van der Waals surface area contributed by atoms with Crippen LogP contribution in [0.15, 0.2) is 17.1 Å². The highest BCUT2D eigenvalue weighted by Crippen LogP contribution is 2.22. The van der Waals surface area contributed by atoms with Crippen molar-refractivity contribution in [1.82, 2.24) is 9.78 Å². The maximum absolute atomic E-state index is 12.2. The summed E-state index contributed by atoms with van der Waals surface area (Å²) >= 11 is 0. The lowest BCUT2D eigenvalue weighted by molar-refractivity contribution is 0.0438. The first-order valence-corrected chi connectivity index (χ1v) is 7.77. The van der Waals surface area contributed by atoms with E-state index < -0.39 is 6.10 Å². The van der Waals surface area contributed by atoms with Gasteiger partial charge in [-0.1, -0.05) is 27.7 Å². The SMILES string of the molecule is CC1CCCN(c2cnn(CC(O)C(C)(C)C)c(=O)c2)C1. The van der Waals surface area contributed by atoms with Gasteiger partial charge in [0.15, 0.2) is 0 Å². The second-order valence-electron chi connectivity index (χ2n) is 7.31. The van der Waals surface area contributed by atoms with Crippen molar-refractivity contribution in [3.63, 3.8) is 0 Å². The van der Waals surface area contributed by atoms with Crippen LogP contribution in [0, 0.1) is 11.3 Å². The molecule has 21 heavy (non-hydrogen) atoms. The molecule has 5 heteroatoms. The molecule has 2 rings (SSSR count). The highest BCUT2D eigenvalue weighted by atomic mass is 16.3. The standard InChI is InChI=1S/C16H27N3O2/c1-12-6-5-7-18(10-12)13-8-15(21)19(17-9-13)11-14(20)16(2,3)4/h8-9,12,14,20H,5-7,10-11H2,1-4H3. The van der Waals surface area contributed by atoms with E-state index in [-0.39, 0.29) is 17.5 Å². The maximum atomic E-state index is 12.2. The zero-order chi connectivity index (χ0) is 15.6. The molecule has 1 aromatic rings. The Bertz CT molecular complexity index is 533. The minimum atomic E-state index is -0.594. The van der Waals surface area contributed by atoms with Crippen LogP contribution in [-0.2, 0) is 6.54 Å². The monoisotopic (exact) mass is 293 g/mol. The Kier molecular flexibility index (Phi) is 4.71. The molecule has 0 radical (unpaired) electrons. The second kappa shape index (κ2) is 6.18. The molecule has 0 saturated carbocycles. The molecular formula is C16H27N3O2. The summed E-state index contributed by atoms with van der Waals surface area (Å²) in [5.41, 5.74) is 0.490. The van der Waals surface area contributed by atoms with E-state index in [0.29, 0.717) is 5.92 Å². The van der Waals surface area contributed by atoms with Crippen molar-refractivity contribution in [1.29, 1.82) is 0 Å². The summed E-state index contributed by atoms with van der Waals surface area (Å²) in [7, 11) is 0. The predicted molar refractivity (Wildman–Crippen MR) is 84.6 cm³/mol. The van der Waals surface area contributed by atoms with E-state index in [2.05, 4.69) is 16.9 Å². The van der Waals surface area contributed by atoms with Gasteiger partial charge in [0.2, 0.25) is 0 Å². The van der Waals surface area contributed by atoms with E-state index in [1.54, 1.807) is 12.3 Å². The molecule has 5 nitrogen and oxygen atoms in total. The Morgan fingerprint density at radius 2 is 2.19 bits per heavy atom. The maximum Gasteiger partial charge on any atom is 0.268 e.